The average molecular weight is 269 g/mol. The van der Waals surface area contributed by atoms with Crippen molar-refractivity contribution in [2.24, 2.45) is 0 Å². The maximum absolute atomic E-state index is 5.17. The van der Waals surface area contributed by atoms with Crippen molar-refractivity contribution in [3.63, 3.8) is 0 Å². The monoisotopic (exact) mass is 269 g/mol. The van der Waals surface area contributed by atoms with Gasteiger partial charge in [-0.3, -0.25) is 0 Å². The van der Waals surface area contributed by atoms with Gasteiger partial charge in [-0.1, -0.05) is 42.0 Å². The van der Waals surface area contributed by atoms with Crippen LogP contribution < -0.4 is 5.32 Å². The molecule has 106 valence electrons. The minimum Gasteiger partial charge on any atom is -0.384 e. The van der Waals surface area contributed by atoms with Crippen molar-refractivity contribution in [1.82, 2.24) is 0 Å². The quantitative estimate of drug-likeness (QED) is 0.852. The van der Waals surface area contributed by atoms with E-state index in [9.17, 15) is 0 Å². The number of benzene rings is 2. The first kappa shape index (κ1) is 14.6. The smallest absolute Gasteiger partial charge is 0.0503 e. The zero-order chi connectivity index (χ0) is 14.4. The third-order valence-electron chi connectivity index (χ3n) is 3.57. The van der Waals surface area contributed by atoms with Gasteiger partial charge in [-0.15, -0.1) is 0 Å². The van der Waals surface area contributed by atoms with E-state index < -0.39 is 0 Å². The van der Waals surface area contributed by atoms with Crippen LogP contribution in [0, 0.1) is 13.8 Å². The van der Waals surface area contributed by atoms with Gasteiger partial charge in [-0.2, -0.15) is 0 Å². The zero-order valence-corrected chi connectivity index (χ0v) is 12.6. The predicted octanol–water partition coefficient (Wildman–Crippen LogP) is 4.10. The van der Waals surface area contributed by atoms with E-state index in [1.807, 2.05) is 0 Å². The molecule has 0 spiro atoms. The molecule has 0 unspecified atom stereocenters. The maximum Gasteiger partial charge on any atom is 0.0503 e. The van der Waals surface area contributed by atoms with Gasteiger partial charge in [0, 0.05) is 19.3 Å². The lowest BCUT2D eigenvalue weighted by molar-refractivity contribution is 0.202. The highest BCUT2D eigenvalue weighted by atomic mass is 16.5. The Bertz CT molecular complexity index is 563. The molecule has 0 atom stereocenters. The van der Waals surface area contributed by atoms with E-state index >= 15 is 0 Å². The van der Waals surface area contributed by atoms with Crippen LogP contribution in [0.5, 0.6) is 0 Å². The summed E-state index contributed by atoms with van der Waals surface area (Å²) in [5, 5.41) is 3.55. The van der Waals surface area contributed by atoms with Gasteiger partial charge in [0.05, 0.1) is 6.61 Å². The van der Waals surface area contributed by atoms with Gasteiger partial charge in [-0.05, 0) is 43.0 Å². The number of ether oxygens (including phenoxy) is 1. The van der Waals surface area contributed by atoms with Crippen LogP contribution in [-0.4, -0.2) is 13.7 Å². The van der Waals surface area contributed by atoms with Crippen LogP contribution in [0.3, 0.4) is 0 Å². The third-order valence-corrected chi connectivity index (χ3v) is 3.57. The van der Waals surface area contributed by atoms with Crippen molar-refractivity contribution in [2.45, 2.75) is 26.8 Å². The minimum absolute atomic E-state index is 0.752. The molecule has 0 amide bonds. The van der Waals surface area contributed by atoms with Crippen LogP contribution in [0.2, 0.25) is 0 Å². The summed E-state index contributed by atoms with van der Waals surface area (Å²) in [6.45, 7) is 5.91. The normalized spacial score (nSPS) is 10.6. The standard InChI is InChI=1S/C18H23NO/c1-14-8-9-15(2)17(12-14)13-19-18-7-5-4-6-16(18)10-11-20-3/h4-9,12,19H,10-11,13H2,1-3H3. The van der Waals surface area contributed by atoms with Gasteiger partial charge in [0.25, 0.3) is 0 Å². The number of rotatable bonds is 6. The van der Waals surface area contributed by atoms with E-state index in [2.05, 4.69) is 61.6 Å². The summed E-state index contributed by atoms with van der Waals surface area (Å²) >= 11 is 0. The van der Waals surface area contributed by atoms with E-state index in [4.69, 9.17) is 4.74 Å². The molecule has 1 N–H and O–H groups in total. The summed E-state index contributed by atoms with van der Waals surface area (Å²) in [5.74, 6) is 0. The number of para-hydroxylation sites is 1. The predicted molar refractivity (Wildman–Crippen MR) is 85.3 cm³/mol. The number of hydrogen-bond acceptors (Lipinski definition) is 2. The van der Waals surface area contributed by atoms with Crippen molar-refractivity contribution < 1.29 is 4.74 Å². The molecule has 20 heavy (non-hydrogen) atoms. The van der Waals surface area contributed by atoms with E-state index in [-0.39, 0.29) is 0 Å². The lowest BCUT2D eigenvalue weighted by atomic mass is 10.0. The molecule has 0 saturated carbocycles. The molecule has 2 aromatic carbocycles. The molecule has 2 heteroatoms. The average Bonchev–Trinajstić information content (AvgIpc) is 2.47. The van der Waals surface area contributed by atoms with Gasteiger partial charge in [0.1, 0.15) is 0 Å². The van der Waals surface area contributed by atoms with Crippen molar-refractivity contribution in [1.29, 1.82) is 0 Å². The molecule has 2 aromatic rings. The van der Waals surface area contributed by atoms with E-state index in [0.717, 1.165) is 19.6 Å². The molecular formula is C18H23NO. The SMILES string of the molecule is COCCc1ccccc1NCc1cc(C)ccc1C. The molecule has 0 aliphatic carbocycles. The van der Waals surface area contributed by atoms with Crippen LogP contribution in [0.4, 0.5) is 5.69 Å². The number of methoxy groups -OCH3 is 1. The first-order valence-electron chi connectivity index (χ1n) is 7.07. The van der Waals surface area contributed by atoms with Gasteiger partial charge >= 0.3 is 0 Å². The summed E-state index contributed by atoms with van der Waals surface area (Å²) in [4.78, 5) is 0. The Balaban J connectivity index is 2.08. The highest BCUT2D eigenvalue weighted by Crippen LogP contribution is 2.18. The first-order chi connectivity index (χ1) is 9.70. The van der Waals surface area contributed by atoms with Crippen LogP contribution in [-0.2, 0) is 17.7 Å². The maximum atomic E-state index is 5.17. The van der Waals surface area contributed by atoms with Crippen LogP contribution >= 0.6 is 0 Å². The highest BCUT2D eigenvalue weighted by molar-refractivity contribution is 5.52. The molecule has 0 bridgehead atoms. The first-order valence-corrected chi connectivity index (χ1v) is 7.07. The molecule has 0 aromatic heterocycles. The summed E-state index contributed by atoms with van der Waals surface area (Å²) in [6, 6.07) is 15.0. The number of aryl methyl sites for hydroxylation is 2. The Labute approximate surface area is 121 Å². The molecule has 0 heterocycles. The van der Waals surface area contributed by atoms with Gasteiger partial charge in [-0.25, -0.2) is 0 Å². The molecular weight excluding hydrogens is 246 g/mol. The summed E-state index contributed by atoms with van der Waals surface area (Å²) < 4.78 is 5.17. The fourth-order valence-corrected chi connectivity index (χ4v) is 2.30. The Morgan fingerprint density at radius 2 is 1.80 bits per heavy atom. The van der Waals surface area contributed by atoms with Crippen molar-refractivity contribution in [3.05, 3.63) is 64.7 Å². The van der Waals surface area contributed by atoms with Crippen LogP contribution in [0.15, 0.2) is 42.5 Å². The summed E-state index contributed by atoms with van der Waals surface area (Å²) in [6.07, 6.45) is 0.937. The number of anilines is 1. The second-order valence-corrected chi connectivity index (χ2v) is 5.18. The lowest BCUT2D eigenvalue weighted by Gasteiger charge is -2.13. The van der Waals surface area contributed by atoms with Gasteiger partial charge < -0.3 is 10.1 Å². The Morgan fingerprint density at radius 1 is 1.00 bits per heavy atom. The Hall–Kier alpha value is -1.80. The molecule has 0 fully saturated rings. The zero-order valence-electron chi connectivity index (χ0n) is 12.6. The van der Waals surface area contributed by atoms with E-state index in [1.54, 1.807) is 7.11 Å². The second kappa shape index (κ2) is 7.11. The molecule has 0 aliphatic rings. The van der Waals surface area contributed by atoms with Gasteiger partial charge in [0.15, 0.2) is 0 Å². The summed E-state index contributed by atoms with van der Waals surface area (Å²) in [5.41, 5.74) is 6.49. The van der Waals surface area contributed by atoms with Crippen molar-refractivity contribution in [3.8, 4) is 0 Å². The van der Waals surface area contributed by atoms with Crippen LogP contribution in [0.25, 0.3) is 0 Å². The molecule has 0 radical (unpaired) electrons. The fraction of sp³-hybridized carbons (Fsp3) is 0.333. The molecule has 0 aliphatic heterocycles. The highest BCUT2D eigenvalue weighted by Gasteiger charge is 2.03. The fourth-order valence-electron chi connectivity index (χ4n) is 2.30. The topological polar surface area (TPSA) is 21.3 Å². The van der Waals surface area contributed by atoms with E-state index in [0.29, 0.717) is 0 Å². The third kappa shape index (κ3) is 3.84. The number of hydrogen-bond donors (Lipinski definition) is 1. The van der Waals surface area contributed by atoms with Crippen molar-refractivity contribution >= 4 is 5.69 Å². The van der Waals surface area contributed by atoms with E-state index in [1.165, 1.54) is 27.9 Å². The number of nitrogens with one attached hydrogen (secondary N) is 1. The minimum atomic E-state index is 0.752. The molecule has 2 rings (SSSR count). The lowest BCUT2D eigenvalue weighted by Crippen LogP contribution is -2.05. The largest absolute Gasteiger partial charge is 0.384 e. The Morgan fingerprint density at radius 3 is 2.60 bits per heavy atom. The Kier molecular flexibility index (Phi) is 5.19. The van der Waals surface area contributed by atoms with Gasteiger partial charge in [0.2, 0.25) is 0 Å². The molecule has 2 nitrogen and oxygen atoms in total. The molecule has 0 saturated heterocycles. The second-order valence-electron chi connectivity index (χ2n) is 5.18. The summed E-state index contributed by atoms with van der Waals surface area (Å²) in [7, 11) is 1.74. The van der Waals surface area contributed by atoms with Crippen molar-refractivity contribution in [2.75, 3.05) is 19.0 Å². The van der Waals surface area contributed by atoms with Crippen LogP contribution in [0.1, 0.15) is 22.3 Å².